The molecule has 0 aliphatic carbocycles. The van der Waals surface area contributed by atoms with Crippen LogP contribution in [0.15, 0.2) is 54.6 Å². The molecule has 0 fully saturated rings. The zero-order valence-electron chi connectivity index (χ0n) is 10.3. The fraction of sp³-hybridized carbons (Fsp3) is 0.250. The number of para-hydroxylation sites is 1. The molecule has 2 aromatic rings. The lowest BCUT2D eigenvalue weighted by Crippen LogP contribution is -2.25. The SMILES string of the molecule is CC1(C)c2ccccc2N[C@@H]1c1ccccc1. The monoisotopic (exact) mass is 223 g/mol. The first-order valence-corrected chi connectivity index (χ1v) is 6.10. The molecule has 17 heavy (non-hydrogen) atoms. The van der Waals surface area contributed by atoms with Gasteiger partial charge in [0.25, 0.3) is 0 Å². The van der Waals surface area contributed by atoms with E-state index in [0.717, 1.165) is 0 Å². The molecule has 1 heterocycles. The highest BCUT2D eigenvalue weighted by atomic mass is 15.0. The van der Waals surface area contributed by atoms with Crippen molar-refractivity contribution in [2.24, 2.45) is 0 Å². The number of nitrogens with one attached hydrogen (secondary N) is 1. The van der Waals surface area contributed by atoms with Crippen molar-refractivity contribution in [2.75, 3.05) is 5.32 Å². The molecule has 0 aromatic heterocycles. The maximum atomic E-state index is 3.64. The quantitative estimate of drug-likeness (QED) is 0.766. The number of fused-ring (bicyclic) bond motifs is 1. The van der Waals surface area contributed by atoms with Gasteiger partial charge in [0, 0.05) is 11.1 Å². The van der Waals surface area contributed by atoms with E-state index in [-0.39, 0.29) is 5.41 Å². The number of rotatable bonds is 1. The third-order valence-corrected chi connectivity index (χ3v) is 3.78. The number of benzene rings is 2. The van der Waals surface area contributed by atoms with Gasteiger partial charge in [-0.05, 0) is 17.2 Å². The highest BCUT2D eigenvalue weighted by Gasteiger charge is 2.39. The molecule has 1 heteroatoms. The van der Waals surface area contributed by atoms with Gasteiger partial charge in [-0.15, -0.1) is 0 Å². The van der Waals surface area contributed by atoms with Crippen LogP contribution in [0.2, 0.25) is 0 Å². The van der Waals surface area contributed by atoms with Crippen molar-refractivity contribution in [3.8, 4) is 0 Å². The van der Waals surface area contributed by atoms with E-state index in [1.54, 1.807) is 0 Å². The van der Waals surface area contributed by atoms with Crippen LogP contribution in [0.3, 0.4) is 0 Å². The maximum Gasteiger partial charge on any atom is 0.0606 e. The highest BCUT2D eigenvalue weighted by Crippen LogP contribution is 2.47. The van der Waals surface area contributed by atoms with Gasteiger partial charge in [-0.25, -0.2) is 0 Å². The Morgan fingerprint density at radius 3 is 2.24 bits per heavy atom. The van der Waals surface area contributed by atoms with Crippen molar-refractivity contribution in [1.82, 2.24) is 0 Å². The van der Waals surface area contributed by atoms with E-state index in [9.17, 15) is 0 Å². The molecule has 1 nitrogen and oxygen atoms in total. The highest BCUT2D eigenvalue weighted by molar-refractivity contribution is 5.62. The van der Waals surface area contributed by atoms with Gasteiger partial charge in [0.05, 0.1) is 6.04 Å². The van der Waals surface area contributed by atoms with Crippen LogP contribution in [-0.4, -0.2) is 0 Å². The summed E-state index contributed by atoms with van der Waals surface area (Å²) in [6, 6.07) is 19.7. The molecule has 0 saturated heterocycles. The van der Waals surface area contributed by atoms with Gasteiger partial charge in [-0.2, -0.15) is 0 Å². The van der Waals surface area contributed by atoms with Crippen molar-refractivity contribution in [3.63, 3.8) is 0 Å². The second kappa shape index (κ2) is 3.63. The molecule has 0 saturated carbocycles. The summed E-state index contributed by atoms with van der Waals surface area (Å²) >= 11 is 0. The minimum absolute atomic E-state index is 0.137. The fourth-order valence-corrected chi connectivity index (χ4v) is 2.81. The van der Waals surface area contributed by atoms with E-state index in [0.29, 0.717) is 6.04 Å². The van der Waals surface area contributed by atoms with E-state index >= 15 is 0 Å². The normalized spacial score (nSPS) is 20.7. The molecule has 86 valence electrons. The molecule has 2 aromatic carbocycles. The Morgan fingerprint density at radius 2 is 1.53 bits per heavy atom. The molecule has 0 unspecified atom stereocenters. The van der Waals surface area contributed by atoms with Crippen LogP contribution in [0.1, 0.15) is 31.0 Å². The summed E-state index contributed by atoms with van der Waals surface area (Å²) in [4.78, 5) is 0. The molecule has 1 N–H and O–H groups in total. The number of anilines is 1. The Morgan fingerprint density at radius 1 is 0.882 bits per heavy atom. The van der Waals surface area contributed by atoms with E-state index in [1.807, 2.05) is 0 Å². The van der Waals surface area contributed by atoms with Crippen LogP contribution < -0.4 is 5.32 Å². The zero-order chi connectivity index (χ0) is 11.9. The Labute approximate surface area is 102 Å². The molecule has 1 aliphatic rings. The van der Waals surface area contributed by atoms with Crippen LogP contribution in [-0.2, 0) is 5.41 Å². The lowest BCUT2D eigenvalue weighted by atomic mass is 9.78. The second-order valence-corrected chi connectivity index (χ2v) is 5.26. The molecule has 0 radical (unpaired) electrons. The zero-order valence-corrected chi connectivity index (χ0v) is 10.3. The summed E-state index contributed by atoms with van der Waals surface area (Å²) < 4.78 is 0. The van der Waals surface area contributed by atoms with Crippen molar-refractivity contribution < 1.29 is 0 Å². The number of hydrogen-bond acceptors (Lipinski definition) is 1. The van der Waals surface area contributed by atoms with Crippen molar-refractivity contribution in [3.05, 3.63) is 65.7 Å². The van der Waals surface area contributed by atoms with Gasteiger partial charge in [-0.1, -0.05) is 62.4 Å². The van der Waals surface area contributed by atoms with E-state index < -0.39 is 0 Å². The Kier molecular flexibility index (Phi) is 2.22. The van der Waals surface area contributed by atoms with Crippen LogP contribution in [0.25, 0.3) is 0 Å². The lowest BCUT2D eigenvalue weighted by molar-refractivity contribution is 0.474. The summed E-state index contributed by atoms with van der Waals surface area (Å²) in [5, 5.41) is 3.64. The summed E-state index contributed by atoms with van der Waals surface area (Å²) in [5.41, 5.74) is 4.17. The minimum Gasteiger partial charge on any atom is -0.377 e. The average molecular weight is 223 g/mol. The molecule has 1 aliphatic heterocycles. The largest absolute Gasteiger partial charge is 0.377 e. The Balaban J connectivity index is 2.07. The smallest absolute Gasteiger partial charge is 0.0606 e. The first kappa shape index (κ1) is 10.4. The predicted octanol–water partition coefficient (Wildman–Crippen LogP) is 4.13. The van der Waals surface area contributed by atoms with Crippen LogP contribution in [0.4, 0.5) is 5.69 Å². The summed E-state index contributed by atoms with van der Waals surface area (Å²) in [6.07, 6.45) is 0. The van der Waals surface area contributed by atoms with Crippen LogP contribution >= 0.6 is 0 Å². The molecular weight excluding hydrogens is 206 g/mol. The molecular formula is C16H17N. The summed E-state index contributed by atoms with van der Waals surface area (Å²) in [6.45, 7) is 4.62. The molecule has 0 spiro atoms. The predicted molar refractivity (Wildman–Crippen MR) is 72.3 cm³/mol. The van der Waals surface area contributed by atoms with Crippen molar-refractivity contribution >= 4 is 5.69 Å². The first-order chi connectivity index (χ1) is 8.19. The fourth-order valence-electron chi connectivity index (χ4n) is 2.81. The Bertz CT molecular complexity index is 528. The summed E-state index contributed by atoms with van der Waals surface area (Å²) in [5.74, 6) is 0. The first-order valence-electron chi connectivity index (χ1n) is 6.10. The lowest BCUT2D eigenvalue weighted by Gasteiger charge is -2.28. The molecule has 1 atom stereocenters. The van der Waals surface area contributed by atoms with E-state index in [4.69, 9.17) is 0 Å². The maximum absolute atomic E-state index is 3.64. The summed E-state index contributed by atoms with van der Waals surface area (Å²) in [7, 11) is 0. The topological polar surface area (TPSA) is 12.0 Å². The Hall–Kier alpha value is -1.76. The minimum atomic E-state index is 0.137. The third-order valence-electron chi connectivity index (χ3n) is 3.78. The second-order valence-electron chi connectivity index (χ2n) is 5.26. The van der Waals surface area contributed by atoms with Crippen molar-refractivity contribution in [2.45, 2.75) is 25.3 Å². The average Bonchev–Trinajstić information content (AvgIpc) is 2.63. The van der Waals surface area contributed by atoms with Crippen LogP contribution in [0, 0.1) is 0 Å². The van der Waals surface area contributed by atoms with Crippen molar-refractivity contribution in [1.29, 1.82) is 0 Å². The standard InChI is InChI=1S/C16H17N/c1-16(2)13-10-6-7-11-14(13)17-15(16)12-8-4-3-5-9-12/h3-11,15,17H,1-2H3/t15-/m1/s1. The number of hydrogen-bond donors (Lipinski definition) is 1. The van der Waals surface area contributed by atoms with Crippen LogP contribution in [0.5, 0.6) is 0 Å². The van der Waals surface area contributed by atoms with Gasteiger partial charge in [0.15, 0.2) is 0 Å². The molecule has 3 rings (SSSR count). The van der Waals surface area contributed by atoms with Gasteiger partial charge in [-0.3, -0.25) is 0 Å². The van der Waals surface area contributed by atoms with E-state index in [1.165, 1.54) is 16.8 Å². The van der Waals surface area contributed by atoms with Gasteiger partial charge >= 0.3 is 0 Å². The van der Waals surface area contributed by atoms with Gasteiger partial charge in [0.1, 0.15) is 0 Å². The third kappa shape index (κ3) is 1.54. The molecule has 0 bridgehead atoms. The van der Waals surface area contributed by atoms with E-state index in [2.05, 4.69) is 73.8 Å². The van der Waals surface area contributed by atoms with Gasteiger partial charge < -0.3 is 5.32 Å². The molecule has 0 amide bonds. The van der Waals surface area contributed by atoms with Gasteiger partial charge in [0.2, 0.25) is 0 Å².